The molecule has 1 aliphatic carbocycles. The quantitative estimate of drug-likeness (QED) is 0.368. The average molecular weight is 448 g/mol. The molecule has 0 atom stereocenters. The highest BCUT2D eigenvalue weighted by Crippen LogP contribution is 2.16. The molecule has 23 heavy (non-hydrogen) atoms. The molecule has 0 saturated heterocycles. The Hall–Kier alpha value is -1.08. The molecule has 1 aromatic carbocycles. The topological polar surface area (TPSA) is 79.5 Å². The van der Waals surface area contributed by atoms with E-state index in [9.17, 15) is 4.79 Å². The van der Waals surface area contributed by atoms with Gasteiger partial charge in [0, 0.05) is 22.6 Å². The summed E-state index contributed by atoms with van der Waals surface area (Å²) in [6.07, 6.45) is 6.16. The highest BCUT2D eigenvalue weighted by Gasteiger charge is 2.13. The van der Waals surface area contributed by atoms with Gasteiger partial charge >= 0.3 is 0 Å². The van der Waals surface area contributed by atoms with Crippen LogP contribution in [-0.2, 0) is 0 Å². The van der Waals surface area contributed by atoms with Gasteiger partial charge in [-0.05, 0) is 37.1 Å². The van der Waals surface area contributed by atoms with Crippen LogP contribution >= 0.6 is 32.9 Å². The molecule has 2 rings (SSSR count). The van der Waals surface area contributed by atoms with E-state index in [4.69, 9.17) is 5.73 Å². The summed E-state index contributed by atoms with van der Waals surface area (Å²) in [7, 11) is 0. The highest BCUT2D eigenvalue weighted by molar-refractivity contribution is 9.10. The number of amides is 1. The van der Waals surface area contributed by atoms with E-state index in [2.05, 4.69) is 31.6 Å². The first kappa shape index (κ1) is 20.0. The van der Waals surface area contributed by atoms with Crippen LogP contribution in [0.25, 0.3) is 0 Å². The van der Waals surface area contributed by atoms with E-state index in [0.717, 1.165) is 17.3 Å². The standard InChI is InChI=1S/C16H23BrN4O.BrH/c17-13-8-6-12(7-9-13)15(22)19-10-11-20-16(18)21-14-4-2-1-3-5-14;/h6-9,14H,1-5,10-11H2,(H,19,22)(H3,18,20,21);1H. The van der Waals surface area contributed by atoms with Crippen molar-refractivity contribution < 1.29 is 4.79 Å². The van der Waals surface area contributed by atoms with Gasteiger partial charge in [0.15, 0.2) is 5.96 Å². The molecule has 0 bridgehead atoms. The minimum Gasteiger partial charge on any atom is -0.370 e. The number of carbonyl (C=O) groups excluding carboxylic acids is 1. The lowest BCUT2D eigenvalue weighted by Crippen LogP contribution is -2.41. The van der Waals surface area contributed by atoms with Gasteiger partial charge < -0.3 is 16.4 Å². The number of nitrogens with zero attached hydrogens (tertiary/aromatic N) is 1. The van der Waals surface area contributed by atoms with Crippen molar-refractivity contribution in [2.45, 2.75) is 38.1 Å². The maximum atomic E-state index is 11.9. The molecular weight excluding hydrogens is 424 g/mol. The fourth-order valence-electron chi connectivity index (χ4n) is 2.55. The van der Waals surface area contributed by atoms with E-state index in [-0.39, 0.29) is 22.9 Å². The van der Waals surface area contributed by atoms with Crippen molar-refractivity contribution >= 4 is 44.8 Å². The lowest BCUT2D eigenvalue weighted by molar-refractivity contribution is 0.0955. The van der Waals surface area contributed by atoms with Crippen LogP contribution in [0.5, 0.6) is 0 Å². The van der Waals surface area contributed by atoms with Gasteiger partial charge in [-0.25, -0.2) is 0 Å². The smallest absolute Gasteiger partial charge is 0.251 e. The zero-order valence-corrected chi connectivity index (χ0v) is 16.4. The summed E-state index contributed by atoms with van der Waals surface area (Å²) in [5.74, 6) is 0.381. The molecule has 0 spiro atoms. The van der Waals surface area contributed by atoms with Crippen molar-refractivity contribution in [3.8, 4) is 0 Å². The maximum absolute atomic E-state index is 11.9. The summed E-state index contributed by atoms with van der Waals surface area (Å²) in [6.45, 7) is 0.954. The molecule has 0 heterocycles. The third-order valence-electron chi connectivity index (χ3n) is 3.74. The number of halogens is 2. The average Bonchev–Trinajstić information content (AvgIpc) is 2.53. The van der Waals surface area contributed by atoms with Crippen LogP contribution in [0.1, 0.15) is 42.5 Å². The van der Waals surface area contributed by atoms with E-state index >= 15 is 0 Å². The van der Waals surface area contributed by atoms with Gasteiger partial charge in [0.25, 0.3) is 5.91 Å². The van der Waals surface area contributed by atoms with E-state index in [1.54, 1.807) is 12.1 Å². The number of benzene rings is 1. The first-order valence-corrected chi connectivity index (χ1v) is 8.54. The van der Waals surface area contributed by atoms with Gasteiger partial charge in [-0.15, -0.1) is 17.0 Å². The van der Waals surface area contributed by atoms with Gasteiger partial charge in [-0.2, -0.15) is 0 Å². The van der Waals surface area contributed by atoms with Gasteiger partial charge in [0.05, 0.1) is 6.54 Å². The summed E-state index contributed by atoms with van der Waals surface area (Å²) < 4.78 is 0.954. The second kappa shape index (κ2) is 10.6. The lowest BCUT2D eigenvalue weighted by Gasteiger charge is -2.23. The molecule has 1 aliphatic rings. The number of guanidine groups is 1. The predicted octanol–water partition coefficient (Wildman–Crippen LogP) is 2.99. The Morgan fingerprint density at radius 2 is 1.87 bits per heavy atom. The molecule has 7 heteroatoms. The van der Waals surface area contributed by atoms with Crippen molar-refractivity contribution in [3.63, 3.8) is 0 Å². The number of carbonyl (C=O) groups is 1. The van der Waals surface area contributed by atoms with Gasteiger partial charge in [0.1, 0.15) is 0 Å². The number of hydrogen-bond acceptors (Lipinski definition) is 2. The Morgan fingerprint density at radius 1 is 1.22 bits per heavy atom. The zero-order chi connectivity index (χ0) is 15.8. The highest BCUT2D eigenvalue weighted by atomic mass is 79.9. The number of hydrogen-bond donors (Lipinski definition) is 3. The van der Waals surface area contributed by atoms with Crippen LogP contribution in [0.2, 0.25) is 0 Å². The summed E-state index contributed by atoms with van der Waals surface area (Å²) in [5.41, 5.74) is 6.51. The largest absolute Gasteiger partial charge is 0.370 e. The van der Waals surface area contributed by atoms with E-state index in [1.807, 2.05) is 12.1 Å². The molecule has 1 saturated carbocycles. The Balaban J connectivity index is 0.00000264. The second-order valence-corrected chi connectivity index (χ2v) is 6.42. The summed E-state index contributed by atoms with van der Waals surface area (Å²) >= 11 is 3.34. The van der Waals surface area contributed by atoms with Crippen molar-refractivity contribution in [2.24, 2.45) is 10.7 Å². The van der Waals surface area contributed by atoms with Crippen molar-refractivity contribution in [3.05, 3.63) is 34.3 Å². The van der Waals surface area contributed by atoms with Crippen LogP contribution in [0.3, 0.4) is 0 Å². The predicted molar refractivity (Wildman–Crippen MR) is 103 cm³/mol. The first-order chi connectivity index (χ1) is 10.6. The molecule has 1 fully saturated rings. The minimum absolute atomic E-state index is 0. The second-order valence-electron chi connectivity index (χ2n) is 5.51. The van der Waals surface area contributed by atoms with Gasteiger partial charge in [-0.1, -0.05) is 35.2 Å². The van der Waals surface area contributed by atoms with Crippen LogP contribution < -0.4 is 16.4 Å². The number of nitrogens with one attached hydrogen (secondary N) is 2. The molecule has 5 nitrogen and oxygen atoms in total. The molecule has 128 valence electrons. The fraction of sp³-hybridized carbons (Fsp3) is 0.500. The molecule has 0 radical (unpaired) electrons. The maximum Gasteiger partial charge on any atom is 0.251 e. The van der Waals surface area contributed by atoms with Crippen molar-refractivity contribution in [2.75, 3.05) is 13.1 Å². The van der Waals surface area contributed by atoms with Crippen LogP contribution in [-0.4, -0.2) is 31.0 Å². The van der Waals surface area contributed by atoms with Crippen LogP contribution in [0.4, 0.5) is 0 Å². The Bertz CT molecular complexity index is 513. The molecule has 1 amide bonds. The normalized spacial score (nSPS) is 15.6. The third-order valence-corrected chi connectivity index (χ3v) is 4.27. The molecule has 1 aromatic rings. The Kier molecular flexibility index (Phi) is 9.24. The third kappa shape index (κ3) is 7.35. The number of rotatable bonds is 5. The van der Waals surface area contributed by atoms with Crippen LogP contribution in [0.15, 0.2) is 33.7 Å². The number of nitrogens with two attached hydrogens (primary N) is 1. The Labute approximate surface area is 156 Å². The van der Waals surface area contributed by atoms with Crippen LogP contribution in [0, 0.1) is 0 Å². The molecule has 0 aliphatic heterocycles. The Morgan fingerprint density at radius 3 is 2.52 bits per heavy atom. The minimum atomic E-state index is -0.0958. The first-order valence-electron chi connectivity index (χ1n) is 7.75. The van der Waals surface area contributed by atoms with E-state index < -0.39 is 0 Å². The number of aliphatic imine (C=N–C) groups is 1. The SMILES string of the molecule is Br.NC(=NCCNC(=O)c1ccc(Br)cc1)NC1CCCCC1. The van der Waals surface area contributed by atoms with E-state index in [1.165, 1.54) is 19.3 Å². The molecule has 0 aromatic heterocycles. The molecule has 4 N–H and O–H groups in total. The van der Waals surface area contributed by atoms with Gasteiger partial charge in [0.2, 0.25) is 0 Å². The summed E-state index contributed by atoms with van der Waals surface area (Å²) in [5, 5.41) is 6.09. The van der Waals surface area contributed by atoms with Gasteiger partial charge in [-0.3, -0.25) is 9.79 Å². The molecule has 0 unspecified atom stereocenters. The zero-order valence-electron chi connectivity index (χ0n) is 13.1. The summed E-state index contributed by atoms with van der Waals surface area (Å²) in [6, 6.07) is 7.71. The van der Waals surface area contributed by atoms with E-state index in [0.29, 0.717) is 30.7 Å². The van der Waals surface area contributed by atoms with Crippen molar-refractivity contribution in [1.29, 1.82) is 0 Å². The lowest BCUT2D eigenvalue weighted by atomic mass is 9.96. The fourth-order valence-corrected chi connectivity index (χ4v) is 2.82. The molecular formula is C16H24Br2N4O. The summed E-state index contributed by atoms with van der Waals surface area (Å²) in [4.78, 5) is 16.2. The monoisotopic (exact) mass is 446 g/mol. The van der Waals surface area contributed by atoms with Crippen molar-refractivity contribution in [1.82, 2.24) is 10.6 Å².